The summed E-state index contributed by atoms with van der Waals surface area (Å²) >= 11 is 0. The van der Waals surface area contributed by atoms with E-state index in [-0.39, 0.29) is 19.8 Å². The number of carbonyl (C=O) groups is 5. The Balaban J connectivity index is 5.13. The van der Waals surface area contributed by atoms with Crippen LogP contribution in [0.3, 0.4) is 0 Å². The van der Waals surface area contributed by atoms with E-state index in [1.807, 2.05) is 6.92 Å². The van der Waals surface area contributed by atoms with E-state index in [1.165, 1.54) is 13.8 Å². The van der Waals surface area contributed by atoms with Gasteiger partial charge in [0.15, 0.2) is 5.60 Å². The number of carboxylic acids is 1. The van der Waals surface area contributed by atoms with Crippen LogP contribution in [0.2, 0.25) is 0 Å². The van der Waals surface area contributed by atoms with E-state index < -0.39 is 54.4 Å². The molecule has 160 valence electrons. The van der Waals surface area contributed by atoms with Crippen LogP contribution in [0, 0.1) is 0 Å². The number of esters is 4. The lowest BCUT2D eigenvalue weighted by Gasteiger charge is -2.22. The van der Waals surface area contributed by atoms with E-state index in [9.17, 15) is 34.2 Å². The quantitative estimate of drug-likeness (QED) is 0.183. The Kier molecular flexibility index (Phi) is 11.4. The standard InChI is InChI=1S/C17H26O11/c1-4-7-8-27-11(18)9-17(24,16(22)23)10-12(19)28-13(14(20)25-5-2)15(21)26-6-3/h13,24H,4-10H2,1-3H3,(H,22,23). The molecule has 0 heterocycles. The van der Waals surface area contributed by atoms with Gasteiger partial charge in [0.25, 0.3) is 6.10 Å². The lowest BCUT2D eigenvalue weighted by Crippen LogP contribution is -2.45. The van der Waals surface area contributed by atoms with E-state index in [4.69, 9.17) is 4.74 Å². The van der Waals surface area contributed by atoms with Gasteiger partial charge in [0, 0.05) is 0 Å². The van der Waals surface area contributed by atoms with Crippen molar-refractivity contribution in [1.29, 1.82) is 0 Å². The lowest BCUT2D eigenvalue weighted by atomic mass is 9.96. The normalized spacial score (nSPS) is 12.6. The van der Waals surface area contributed by atoms with Crippen molar-refractivity contribution in [2.24, 2.45) is 0 Å². The number of rotatable bonds is 13. The molecule has 0 amide bonds. The van der Waals surface area contributed by atoms with Gasteiger partial charge in [0.05, 0.1) is 32.7 Å². The predicted octanol–water partition coefficient (Wildman–Crippen LogP) is -0.0364. The first kappa shape index (κ1) is 25.3. The molecule has 1 atom stereocenters. The van der Waals surface area contributed by atoms with Crippen molar-refractivity contribution >= 4 is 29.8 Å². The van der Waals surface area contributed by atoms with Crippen LogP contribution in [0.25, 0.3) is 0 Å². The summed E-state index contributed by atoms with van der Waals surface area (Å²) in [5.41, 5.74) is -2.84. The first-order chi connectivity index (χ1) is 13.1. The fourth-order valence-electron chi connectivity index (χ4n) is 1.87. The molecule has 11 nitrogen and oxygen atoms in total. The molecule has 11 heteroatoms. The van der Waals surface area contributed by atoms with Crippen molar-refractivity contribution in [3.8, 4) is 0 Å². The molecule has 0 aromatic carbocycles. The van der Waals surface area contributed by atoms with Crippen molar-refractivity contribution in [1.82, 2.24) is 0 Å². The smallest absolute Gasteiger partial charge is 0.359 e. The maximum Gasteiger partial charge on any atom is 0.359 e. The van der Waals surface area contributed by atoms with E-state index in [0.717, 1.165) is 6.42 Å². The molecule has 0 aromatic heterocycles. The van der Waals surface area contributed by atoms with Gasteiger partial charge in [0.1, 0.15) is 0 Å². The van der Waals surface area contributed by atoms with Crippen LogP contribution in [0.1, 0.15) is 46.5 Å². The van der Waals surface area contributed by atoms with Crippen LogP contribution in [0.15, 0.2) is 0 Å². The minimum Gasteiger partial charge on any atom is -0.479 e. The van der Waals surface area contributed by atoms with Crippen LogP contribution in [-0.2, 0) is 42.9 Å². The Hall–Kier alpha value is -2.69. The molecule has 2 N–H and O–H groups in total. The molecule has 0 saturated heterocycles. The number of ether oxygens (including phenoxy) is 4. The molecular formula is C17H26O11. The van der Waals surface area contributed by atoms with Crippen molar-refractivity contribution in [2.45, 2.75) is 58.2 Å². The minimum atomic E-state index is -2.84. The summed E-state index contributed by atoms with van der Waals surface area (Å²) in [5.74, 6) is -6.75. The Labute approximate surface area is 161 Å². The highest BCUT2D eigenvalue weighted by Gasteiger charge is 2.44. The number of carboxylic acid groups (broad SMARTS) is 1. The number of unbranched alkanes of at least 4 members (excludes halogenated alkanes) is 1. The van der Waals surface area contributed by atoms with Crippen LogP contribution < -0.4 is 0 Å². The summed E-state index contributed by atoms with van der Waals surface area (Å²) < 4.78 is 18.6. The molecule has 0 bridgehead atoms. The van der Waals surface area contributed by atoms with Gasteiger partial charge in [-0.2, -0.15) is 0 Å². The molecule has 0 fully saturated rings. The molecule has 0 aliphatic heterocycles. The molecule has 0 saturated carbocycles. The molecule has 0 radical (unpaired) electrons. The zero-order valence-electron chi connectivity index (χ0n) is 16.1. The highest BCUT2D eigenvalue weighted by atomic mass is 16.6. The van der Waals surface area contributed by atoms with Gasteiger partial charge in [0.2, 0.25) is 0 Å². The maximum absolute atomic E-state index is 12.0. The molecule has 0 rings (SSSR count). The number of hydrogen-bond donors (Lipinski definition) is 2. The summed E-state index contributed by atoms with van der Waals surface area (Å²) in [7, 11) is 0. The average Bonchev–Trinajstić information content (AvgIpc) is 2.59. The summed E-state index contributed by atoms with van der Waals surface area (Å²) in [4.78, 5) is 58.6. The van der Waals surface area contributed by atoms with Gasteiger partial charge in [-0.1, -0.05) is 13.3 Å². The van der Waals surface area contributed by atoms with Crippen molar-refractivity contribution in [2.75, 3.05) is 19.8 Å². The van der Waals surface area contributed by atoms with E-state index in [0.29, 0.717) is 6.42 Å². The van der Waals surface area contributed by atoms with Crippen LogP contribution in [0.4, 0.5) is 0 Å². The zero-order valence-corrected chi connectivity index (χ0v) is 16.1. The van der Waals surface area contributed by atoms with Crippen LogP contribution in [-0.4, -0.2) is 71.6 Å². The Morgan fingerprint density at radius 3 is 1.79 bits per heavy atom. The highest BCUT2D eigenvalue weighted by Crippen LogP contribution is 2.19. The Morgan fingerprint density at radius 2 is 1.36 bits per heavy atom. The Bertz CT molecular complexity index is 553. The van der Waals surface area contributed by atoms with E-state index in [1.54, 1.807) is 0 Å². The average molecular weight is 406 g/mol. The van der Waals surface area contributed by atoms with Crippen molar-refractivity contribution < 1.29 is 53.1 Å². The monoisotopic (exact) mass is 406 g/mol. The fraction of sp³-hybridized carbons (Fsp3) is 0.706. The topological polar surface area (TPSA) is 163 Å². The second-order valence-corrected chi connectivity index (χ2v) is 5.64. The van der Waals surface area contributed by atoms with E-state index in [2.05, 4.69) is 14.2 Å². The predicted molar refractivity (Wildman–Crippen MR) is 90.8 cm³/mol. The summed E-state index contributed by atoms with van der Waals surface area (Å²) in [6, 6.07) is 0. The second-order valence-electron chi connectivity index (χ2n) is 5.64. The molecule has 0 aromatic rings. The minimum absolute atomic E-state index is 0.0310. The third-order valence-corrected chi connectivity index (χ3v) is 3.28. The molecule has 28 heavy (non-hydrogen) atoms. The van der Waals surface area contributed by atoms with Gasteiger partial charge < -0.3 is 29.2 Å². The SMILES string of the molecule is CCCCOC(=O)CC(O)(CC(=O)OC(C(=O)OCC)C(=O)OCC)C(=O)O. The van der Waals surface area contributed by atoms with Gasteiger partial charge in [-0.3, -0.25) is 9.59 Å². The third-order valence-electron chi connectivity index (χ3n) is 3.28. The number of aliphatic hydroxyl groups is 1. The summed E-state index contributed by atoms with van der Waals surface area (Å²) in [5, 5.41) is 19.3. The van der Waals surface area contributed by atoms with Crippen LogP contribution >= 0.6 is 0 Å². The maximum atomic E-state index is 12.0. The molecular weight excluding hydrogens is 380 g/mol. The van der Waals surface area contributed by atoms with Gasteiger partial charge in [-0.05, 0) is 20.3 Å². The summed E-state index contributed by atoms with van der Waals surface area (Å²) in [6.07, 6.45) is -3.04. The first-order valence-electron chi connectivity index (χ1n) is 8.75. The highest BCUT2D eigenvalue weighted by molar-refractivity contribution is 6.00. The summed E-state index contributed by atoms with van der Waals surface area (Å²) in [6.45, 7) is 4.55. The van der Waals surface area contributed by atoms with Gasteiger partial charge >= 0.3 is 29.8 Å². The first-order valence-corrected chi connectivity index (χ1v) is 8.75. The lowest BCUT2D eigenvalue weighted by molar-refractivity contribution is -0.185. The third kappa shape index (κ3) is 8.80. The molecule has 0 aliphatic rings. The van der Waals surface area contributed by atoms with Crippen molar-refractivity contribution in [3.63, 3.8) is 0 Å². The van der Waals surface area contributed by atoms with Gasteiger partial charge in [-0.15, -0.1) is 0 Å². The largest absolute Gasteiger partial charge is 0.479 e. The van der Waals surface area contributed by atoms with Crippen LogP contribution in [0.5, 0.6) is 0 Å². The molecule has 0 spiro atoms. The fourth-order valence-corrected chi connectivity index (χ4v) is 1.87. The van der Waals surface area contributed by atoms with Crippen molar-refractivity contribution in [3.05, 3.63) is 0 Å². The number of aliphatic carboxylic acids is 1. The Morgan fingerprint density at radius 1 is 0.857 bits per heavy atom. The zero-order chi connectivity index (χ0) is 21.7. The molecule has 0 aliphatic carbocycles. The van der Waals surface area contributed by atoms with Gasteiger partial charge in [-0.25, -0.2) is 14.4 Å². The molecule has 1 unspecified atom stereocenters. The number of carbonyl (C=O) groups excluding carboxylic acids is 4. The van der Waals surface area contributed by atoms with E-state index >= 15 is 0 Å². The second kappa shape index (κ2) is 12.7. The number of hydrogen-bond acceptors (Lipinski definition) is 10.